The van der Waals surface area contributed by atoms with Crippen molar-refractivity contribution in [3.05, 3.63) is 83.2 Å². The molecule has 2 N–H and O–H groups in total. The van der Waals surface area contributed by atoms with E-state index < -0.39 is 6.04 Å². The molecule has 5 nitrogen and oxygen atoms in total. The Morgan fingerprint density at radius 3 is 1.64 bits per heavy atom. The van der Waals surface area contributed by atoms with Gasteiger partial charge >= 0.3 is 6.04 Å². The SMILES string of the molecule is [C-]#[N+]C(C1N[C@H](c2ccccc2)CO1)C1N[C@H](c2ccccc2)CO1. The second-order valence-corrected chi connectivity index (χ2v) is 6.39. The summed E-state index contributed by atoms with van der Waals surface area (Å²) in [6.07, 6.45) is -0.676. The van der Waals surface area contributed by atoms with Crippen LogP contribution in [0.25, 0.3) is 4.85 Å². The third kappa shape index (κ3) is 3.44. The Morgan fingerprint density at radius 2 is 1.24 bits per heavy atom. The number of benzene rings is 2. The molecule has 2 aliphatic heterocycles. The first-order chi connectivity index (χ1) is 12.3. The molecule has 0 saturated carbocycles. The Kier molecular flexibility index (Phi) is 4.77. The van der Waals surface area contributed by atoms with Crippen LogP contribution in [-0.2, 0) is 9.47 Å². The predicted molar refractivity (Wildman–Crippen MR) is 94.5 cm³/mol. The number of hydrogen-bond donors (Lipinski definition) is 2. The third-order valence-electron chi connectivity index (χ3n) is 4.79. The average molecular weight is 335 g/mol. The van der Waals surface area contributed by atoms with Crippen LogP contribution in [0, 0.1) is 6.57 Å². The van der Waals surface area contributed by atoms with Gasteiger partial charge in [-0.25, -0.2) is 6.57 Å². The van der Waals surface area contributed by atoms with Gasteiger partial charge in [0.05, 0.1) is 25.3 Å². The molecular weight excluding hydrogens is 314 g/mol. The molecule has 2 unspecified atom stereocenters. The van der Waals surface area contributed by atoms with Gasteiger partial charge in [0.2, 0.25) is 0 Å². The van der Waals surface area contributed by atoms with E-state index >= 15 is 0 Å². The molecule has 0 radical (unpaired) electrons. The summed E-state index contributed by atoms with van der Waals surface area (Å²) in [5, 5.41) is 6.87. The van der Waals surface area contributed by atoms with E-state index in [-0.39, 0.29) is 24.5 Å². The summed E-state index contributed by atoms with van der Waals surface area (Å²) in [7, 11) is 0. The smallest absolute Gasteiger partial charge is 0.301 e. The zero-order valence-corrected chi connectivity index (χ0v) is 13.8. The molecule has 2 heterocycles. The number of nitrogens with one attached hydrogen (secondary N) is 2. The summed E-state index contributed by atoms with van der Waals surface area (Å²) < 4.78 is 11.8. The highest BCUT2D eigenvalue weighted by Crippen LogP contribution is 2.27. The van der Waals surface area contributed by atoms with Crippen LogP contribution in [0.4, 0.5) is 0 Å². The molecule has 0 spiro atoms. The molecular formula is C20H21N3O2. The number of rotatable bonds is 4. The van der Waals surface area contributed by atoms with Crippen molar-refractivity contribution in [3.63, 3.8) is 0 Å². The van der Waals surface area contributed by atoms with Gasteiger partial charge in [0, 0.05) is 0 Å². The van der Waals surface area contributed by atoms with Crippen LogP contribution in [0.3, 0.4) is 0 Å². The summed E-state index contributed by atoms with van der Waals surface area (Å²) in [6.45, 7) is 8.75. The van der Waals surface area contributed by atoms with Crippen molar-refractivity contribution < 1.29 is 9.47 Å². The lowest BCUT2D eigenvalue weighted by Gasteiger charge is -2.19. The maximum atomic E-state index is 7.62. The van der Waals surface area contributed by atoms with Crippen LogP contribution in [-0.4, -0.2) is 31.7 Å². The Labute approximate surface area is 147 Å². The lowest BCUT2D eigenvalue weighted by molar-refractivity contribution is 0.0162. The number of ether oxygens (including phenoxy) is 2. The lowest BCUT2D eigenvalue weighted by Crippen LogP contribution is -2.47. The van der Waals surface area contributed by atoms with E-state index in [1.54, 1.807) is 0 Å². The molecule has 0 aromatic heterocycles. The first kappa shape index (κ1) is 16.2. The van der Waals surface area contributed by atoms with Crippen molar-refractivity contribution in [3.8, 4) is 0 Å². The minimum Gasteiger partial charge on any atom is -0.353 e. The highest BCUT2D eigenvalue weighted by Gasteiger charge is 2.44. The van der Waals surface area contributed by atoms with E-state index in [0.717, 1.165) is 0 Å². The van der Waals surface area contributed by atoms with Gasteiger partial charge in [0.15, 0.2) is 12.5 Å². The molecule has 0 bridgehead atoms. The van der Waals surface area contributed by atoms with Crippen molar-refractivity contribution in [1.29, 1.82) is 0 Å². The summed E-state index contributed by atoms with van der Waals surface area (Å²) in [4.78, 5) is 3.78. The molecule has 2 aromatic rings. The van der Waals surface area contributed by atoms with Crippen LogP contribution in [0.2, 0.25) is 0 Å². The Bertz CT molecular complexity index is 674. The minimum atomic E-state index is -0.428. The molecule has 2 saturated heterocycles. The third-order valence-corrected chi connectivity index (χ3v) is 4.79. The molecule has 4 atom stereocenters. The van der Waals surface area contributed by atoms with Gasteiger partial charge in [-0.15, -0.1) is 0 Å². The molecule has 0 aliphatic carbocycles. The zero-order chi connectivity index (χ0) is 17.1. The summed E-state index contributed by atoms with van der Waals surface area (Å²) in [5.41, 5.74) is 2.35. The maximum absolute atomic E-state index is 7.62. The van der Waals surface area contributed by atoms with Crippen molar-refractivity contribution in [2.45, 2.75) is 30.6 Å². The minimum absolute atomic E-state index is 0.113. The van der Waals surface area contributed by atoms with Crippen LogP contribution in [0.15, 0.2) is 60.7 Å². The van der Waals surface area contributed by atoms with E-state index in [2.05, 4.69) is 39.7 Å². The van der Waals surface area contributed by atoms with E-state index in [4.69, 9.17) is 16.0 Å². The van der Waals surface area contributed by atoms with Crippen molar-refractivity contribution in [2.75, 3.05) is 13.2 Å². The van der Waals surface area contributed by atoms with Crippen LogP contribution < -0.4 is 10.6 Å². The van der Waals surface area contributed by atoms with Gasteiger partial charge < -0.3 is 14.3 Å². The van der Waals surface area contributed by atoms with Crippen molar-refractivity contribution in [1.82, 2.24) is 10.6 Å². The van der Waals surface area contributed by atoms with Gasteiger partial charge in [0.1, 0.15) is 0 Å². The molecule has 2 aliphatic rings. The Morgan fingerprint density at radius 1 is 0.800 bits per heavy atom. The van der Waals surface area contributed by atoms with Crippen LogP contribution in [0.5, 0.6) is 0 Å². The molecule has 25 heavy (non-hydrogen) atoms. The molecule has 2 fully saturated rings. The normalized spacial score (nSPS) is 30.0. The first-order valence-corrected chi connectivity index (χ1v) is 8.57. The quantitative estimate of drug-likeness (QED) is 0.844. The fraction of sp³-hybridized carbons (Fsp3) is 0.350. The first-order valence-electron chi connectivity index (χ1n) is 8.57. The Hall–Kier alpha value is -2.23. The van der Waals surface area contributed by atoms with Gasteiger partial charge in [-0.3, -0.25) is 10.6 Å². The van der Waals surface area contributed by atoms with E-state index in [0.29, 0.717) is 13.2 Å². The van der Waals surface area contributed by atoms with Gasteiger partial charge in [-0.2, -0.15) is 0 Å². The van der Waals surface area contributed by atoms with E-state index in [1.165, 1.54) is 11.1 Å². The van der Waals surface area contributed by atoms with Crippen LogP contribution >= 0.6 is 0 Å². The van der Waals surface area contributed by atoms with Crippen molar-refractivity contribution >= 4 is 0 Å². The molecule has 0 amide bonds. The van der Waals surface area contributed by atoms with E-state index in [9.17, 15) is 0 Å². The highest BCUT2D eigenvalue weighted by atomic mass is 16.5. The predicted octanol–water partition coefficient (Wildman–Crippen LogP) is 2.65. The standard InChI is InChI=1S/C20H21N3O2/c1-21-18(19-22-16(12-24-19)14-8-4-2-5-9-14)20-23-17(13-25-20)15-10-6-3-7-11-15/h2-11,16-20,22-23H,12-13H2/t16-,17-,18?,19?,20?/m0/s1. The Balaban J connectivity index is 1.41. The summed E-state index contributed by atoms with van der Waals surface area (Å²) in [6, 6.07) is 20.2. The van der Waals surface area contributed by atoms with Crippen LogP contribution in [0.1, 0.15) is 23.2 Å². The highest BCUT2D eigenvalue weighted by molar-refractivity contribution is 5.22. The molecule has 5 heteroatoms. The summed E-state index contributed by atoms with van der Waals surface area (Å²) >= 11 is 0. The average Bonchev–Trinajstić information content (AvgIpc) is 3.35. The fourth-order valence-electron chi connectivity index (χ4n) is 3.43. The van der Waals surface area contributed by atoms with Gasteiger partial charge in [-0.05, 0) is 11.1 Å². The molecule has 2 aromatic carbocycles. The largest absolute Gasteiger partial charge is 0.353 e. The van der Waals surface area contributed by atoms with Gasteiger partial charge in [-0.1, -0.05) is 60.7 Å². The second-order valence-electron chi connectivity index (χ2n) is 6.39. The monoisotopic (exact) mass is 335 g/mol. The summed E-state index contributed by atoms with van der Waals surface area (Å²) in [5.74, 6) is 0. The number of nitrogens with zero attached hydrogens (tertiary/aromatic N) is 1. The maximum Gasteiger partial charge on any atom is 0.301 e. The number of hydrogen-bond acceptors (Lipinski definition) is 4. The van der Waals surface area contributed by atoms with Crippen molar-refractivity contribution in [2.24, 2.45) is 0 Å². The topological polar surface area (TPSA) is 46.9 Å². The van der Waals surface area contributed by atoms with E-state index in [1.807, 2.05) is 36.4 Å². The lowest BCUT2D eigenvalue weighted by atomic mass is 10.1. The van der Waals surface area contributed by atoms with Gasteiger partial charge in [0.25, 0.3) is 0 Å². The fourth-order valence-corrected chi connectivity index (χ4v) is 3.43. The molecule has 128 valence electrons. The zero-order valence-electron chi connectivity index (χ0n) is 13.8. The molecule has 4 rings (SSSR count). The second kappa shape index (κ2) is 7.34.